The van der Waals surface area contributed by atoms with E-state index in [1.165, 1.54) is 25.7 Å². The molecular weight excluding hydrogens is 294 g/mol. The van der Waals surface area contributed by atoms with Crippen molar-refractivity contribution in [3.63, 3.8) is 0 Å². The molecular formula is C21H47N3. The Kier molecular flexibility index (Phi) is 12.2. The van der Waals surface area contributed by atoms with E-state index < -0.39 is 0 Å². The average Bonchev–Trinajstić information content (AvgIpc) is 2.54. The number of unbranched alkanes of at least 4 members (excludes halogenated alkanes) is 2. The highest BCUT2D eigenvalue weighted by molar-refractivity contribution is 4.76. The van der Waals surface area contributed by atoms with E-state index in [0.29, 0.717) is 17.3 Å². The molecule has 0 heterocycles. The Labute approximate surface area is 153 Å². The average molecular weight is 342 g/mol. The largest absolute Gasteiger partial charge is 0.242 e. The van der Waals surface area contributed by atoms with Crippen molar-refractivity contribution in [1.82, 2.24) is 16.0 Å². The van der Waals surface area contributed by atoms with Crippen molar-refractivity contribution in [1.29, 1.82) is 0 Å². The van der Waals surface area contributed by atoms with Crippen molar-refractivity contribution in [2.75, 3.05) is 19.6 Å². The summed E-state index contributed by atoms with van der Waals surface area (Å²) in [5.41, 5.74) is 7.69. The van der Waals surface area contributed by atoms with E-state index in [9.17, 15) is 0 Å². The minimum absolute atomic E-state index is 0.377. The standard InChI is InChI=1S/C21H47N3/c1-10-12-13-14-22-24(16-19(6)21(8,9)11-2)23-15-18(5)20(7)17(3)4/h17-20,22-23H,10-16H2,1-9H3. The normalized spacial score (nSPS) is 16.6. The van der Waals surface area contributed by atoms with Gasteiger partial charge < -0.3 is 0 Å². The van der Waals surface area contributed by atoms with Gasteiger partial charge in [0.1, 0.15) is 0 Å². The summed E-state index contributed by atoms with van der Waals surface area (Å²) in [7, 11) is 0. The van der Waals surface area contributed by atoms with E-state index in [1.807, 2.05) is 0 Å². The van der Waals surface area contributed by atoms with Gasteiger partial charge in [-0.2, -0.15) is 5.12 Å². The van der Waals surface area contributed by atoms with Crippen LogP contribution in [-0.2, 0) is 0 Å². The van der Waals surface area contributed by atoms with Gasteiger partial charge in [0.15, 0.2) is 0 Å². The molecule has 0 aliphatic rings. The van der Waals surface area contributed by atoms with Crippen molar-refractivity contribution in [2.24, 2.45) is 29.1 Å². The minimum Gasteiger partial charge on any atom is -0.242 e. The lowest BCUT2D eigenvalue weighted by Crippen LogP contribution is -2.53. The molecule has 3 nitrogen and oxygen atoms in total. The second-order valence-corrected chi connectivity index (χ2v) is 8.91. The molecule has 0 aliphatic carbocycles. The Morgan fingerprint density at radius 3 is 2.04 bits per heavy atom. The van der Waals surface area contributed by atoms with E-state index in [1.54, 1.807) is 0 Å². The first-order valence-electron chi connectivity index (χ1n) is 10.4. The molecule has 2 N–H and O–H groups in total. The van der Waals surface area contributed by atoms with E-state index in [-0.39, 0.29) is 0 Å². The predicted octanol–water partition coefficient (Wildman–Crippen LogP) is 5.49. The summed E-state index contributed by atoms with van der Waals surface area (Å²) in [5.74, 6) is 2.81. The number of nitrogens with one attached hydrogen (secondary N) is 2. The lowest BCUT2D eigenvalue weighted by molar-refractivity contribution is 0.0479. The third-order valence-electron chi connectivity index (χ3n) is 6.34. The van der Waals surface area contributed by atoms with Crippen LogP contribution in [0.4, 0.5) is 0 Å². The van der Waals surface area contributed by atoms with E-state index in [4.69, 9.17) is 0 Å². The van der Waals surface area contributed by atoms with Crippen LogP contribution in [0, 0.1) is 29.1 Å². The van der Waals surface area contributed by atoms with Crippen molar-refractivity contribution in [3.8, 4) is 0 Å². The molecule has 0 aromatic carbocycles. The molecule has 3 unspecified atom stereocenters. The highest BCUT2D eigenvalue weighted by Crippen LogP contribution is 2.30. The highest BCUT2D eigenvalue weighted by atomic mass is 15.7. The van der Waals surface area contributed by atoms with Gasteiger partial charge in [-0.1, -0.05) is 81.6 Å². The maximum Gasteiger partial charge on any atom is 0.0318 e. The van der Waals surface area contributed by atoms with Crippen LogP contribution >= 0.6 is 0 Å². The lowest BCUT2D eigenvalue weighted by atomic mass is 9.78. The zero-order chi connectivity index (χ0) is 18.8. The van der Waals surface area contributed by atoms with Crippen LogP contribution in [0.3, 0.4) is 0 Å². The summed E-state index contributed by atoms with van der Waals surface area (Å²) in [6.07, 6.45) is 5.05. The van der Waals surface area contributed by atoms with Gasteiger partial charge in [-0.3, -0.25) is 0 Å². The summed E-state index contributed by atoms with van der Waals surface area (Å²) in [6.45, 7) is 24.3. The first-order chi connectivity index (χ1) is 11.2. The van der Waals surface area contributed by atoms with Gasteiger partial charge in [-0.15, -0.1) is 0 Å². The third-order valence-corrected chi connectivity index (χ3v) is 6.34. The molecule has 3 atom stereocenters. The number of hydrogen-bond donors (Lipinski definition) is 2. The fourth-order valence-electron chi connectivity index (χ4n) is 2.74. The first kappa shape index (κ1) is 23.9. The van der Waals surface area contributed by atoms with Crippen LogP contribution in [0.2, 0.25) is 0 Å². The monoisotopic (exact) mass is 341 g/mol. The van der Waals surface area contributed by atoms with Crippen molar-refractivity contribution < 1.29 is 0 Å². The van der Waals surface area contributed by atoms with E-state index in [0.717, 1.165) is 31.5 Å². The van der Waals surface area contributed by atoms with E-state index >= 15 is 0 Å². The van der Waals surface area contributed by atoms with Crippen LogP contribution in [0.5, 0.6) is 0 Å². The minimum atomic E-state index is 0.377. The van der Waals surface area contributed by atoms with Crippen LogP contribution < -0.4 is 10.9 Å². The molecule has 0 spiro atoms. The van der Waals surface area contributed by atoms with Gasteiger partial charge in [0, 0.05) is 19.6 Å². The molecule has 0 aromatic heterocycles. The maximum atomic E-state index is 3.68. The van der Waals surface area contributed by atoms with Gasteiger partial charge in [-0.25, -0.2) is 10.9 Å². The summed E-state index contributed by atoms with van der Waals surface area (Å²) >= 11 is 0. The molecule has 0 saturated carbocycles. The topological polar surface area (TPSA) is 27.3 Å². The third kappa shape index (κ3) is 9.39. The zero-order valence-corrected chi connectivity index (χ0v) is 18.2. The Balaban J connectivity index is 4.57. The van der Waals surface area contributed by atoms with Crippen LogP contribution in [0.25, 0.3) is 0 Å². The molecule has 0 fully saturated rings. The van der Waals surface area contributed by atoms with Crippen molar-refractivity contribution in [3.05, 3.63) is 0 Å². The van der Waals surface area contributed by atoms with Gasteiger partial charge in [0.25, 0.3) is 0 Å². The smallest absolute Gasteiger partial charge is 0.0318 e. The molecule has 0 aromatic rings. The highest BCUT2D eigenvalue weighted by Gasteiger charge is 2.26. The van der Waals surface area contributed by atoms with Gasteiger partial charge >= 0.3 is 0 Å². The second kappa shape index (κ2) is 12.3. The zero-order valence-electron chi connectivity index (χ0n) is 18.2. The van der Waals surface area contributed by atoms with Crippen molar-refractivity contribution >= 4 is 0 Å². The Morgan fingerprint density at radius 1 is 0.917 bits per heavy atom. The predicted molar refractivity (Wildman–Crippen MR) is 109 cm³/mol. The summed E-state index contributed by atoms with van der Waals surface area (Å²) in [5, 5.41) is 2.28. The molecule has 3 heteroatoms. The summed E-state index contributed by atoms with van der Waals surface area (Å²) in [6, 6.07) is 0. The number of hydrogen-bond acceptors (Lipinski definition) is 3. The van der Waals surface area contributed by atoms with Crippen LogP contribution in [0.1, 0.15) is 88.0 Å². The molecule has 0 radical (unpaired) electrons. The van der Waals surface area contributed by atoms with Crippen LogP contribution in [-0.4, -0.2) is 24.8 Å². The lowest BCUT2D eigenvalue weighted by Gasteiger charge is -2.36. The summed E-state index contributed by atoms with van der Waals surface area (Å²) in [4.78, 5) is 0. The van der Waals surface area contributed by atoms with Crippen LogP contribution in [0.15, 0.2) is 0 Å². The molecule has 24 heavy (non-hydrogen) atoms. The molecule has 0 amide bonds. The quantitative estimate of drug-likeness (QED) is 0.323. The van der Waals surface area contributed by atoms with Gasteiger partial charge in [0.05, 0.1) is 0 Å². The number of rotatable bonds is 14. The van der Waals surface area contributed by atoms with E-state index in [2.05, 4.69) is 78.3 Å². The summed E-state index contributed by atoms with van der Waals surface area (Å²) < 4.78 is 0. The Morgan fingerprint density at radius 2 is 1.54 bits per heavy atom. The Hall–Kier alpha value is -0.120. The molecule has 0 saturated heterocycles. The molecule has 0 bridgehead atoms. The Bertz CT molecular complexity index is 301. The van der Waals surface area contributed by atoms with Crippen molar-refractivity contribution in [2.45, 2.75) is 88.0 Å². The maximum absolute atomic E-state index is 3.68. The molecule has 0 rings (SSSR count). The first-order valence-corrected chi connectivity index (χ1v) is 10.4. The number of nitrogens with zero attached hydrogens (tertiary/aromatic N) is 1. The fourth-order valence-corrected chi connectivity index (χ4v) is 2.74. The second-order valence-electron chi connectivity index (χ2n) is 8.91. The number of hydrazine groups is 2. The molecule has 146 valence electrons. The van der Waals surface area contributed by atoms with Gasteiger partial charge in [-0.05, 0) is 35.5 Å². The van der Waals surface area contributed by atoms with Gasteiger partial charge in [0.2, 0.25) is 0 Å². The fraction of sp³-hybridized carbons (Fsp3) is 1.00. The molecule has 0 aliphatic heterocycles. The SMILES string of the molecule is CCCCCNN(CC(C)C(C)(C)CC)NCC(C)C(C)C(C)C.